The average molecular weight is 492 g/mol. The van der Waals surface area contributed by atoms with Crippen molar-refractivity contribution in [2.75, 3.05) is 18.0 Å². The van der Waals surface area contributed by atoms with Crippen LogP contribution in [0.25, 0.3) is 0 Å². The van der Waals surface area contributed by atoms with Gasteiger partial charge in [-0.05, 0) is 50.6 Å². The molecule has 0 radical (unpaired) electrons. The molecule has 35 heavy (non-hydrogen) atoms. The van der Waals surface area contributed by atoms with Gasteiger partial charge < -0.3 is 5.32 Å². The summed E-state index contributed by atoms with van der Waals surface area (Å²) >= 11 is 0. The molecule has 0 aliphatic carbocycles. The first kappa shape index (κ1) is 24.6. The number of amides is 2. The van der Waals surface area contributed by atoms with E-state index in [2.05, 4.69) is 5.32 Å². The Labute approximate surface area is 206 Å². The van der Waals surface area contributed by atoms with Crippen LogP contribution in [0.5, 0.6) is 0 Å². The van der Waals surface area contributed by atoms with Crippen LogP contribution in [0.2, 0.25) is 0 Å². The number of carbonyl (C=O) groups excluding carboxylic acids is 2. The lowest BCUT2D eigenvalue weighted by Crippen LogP contribution is -2.70. The van der Waals surface area contributed by atoms with Crippen LogP contribution in [-0.4, -0.2) is 43.2 Å². The number of benzene rings is 3. The Kier molecular flexibility index (Phi) is 6.78. The van der Waals surface area contributed by atoms with Gasteiger partial charge in [0.15, 0.2) is 0 Å². The summed E-state index contributed by atoms with van der Waals surface area (Å²) in [5.74, 6) is -0.896. The van der Waals surface area contributed by atoms with Crippen molar-refractivity contribution in [2.24, 2.45) is 0 Å². The summed E-state index contributed by atoms with van der Waals surface area (Å²) in [7, 11) is -3.98. The van der Waals surface area contributed by atoms with E-state index < -0.39 is 27.4 Å². The quantitative estimate of drug-likeness (QED) is 0.573. The zero-order valence-electron chi connectivity index (χ0n) is 20.1. The maximum absolute atomic E-state index is 13.6. The molecule has 0 saturated carbocycles. The van der Waals surface area contributed by atoms with Gasteiger partial charge in [-0.3, -0.25) is 14.5 Å². The van der Waals surface area contributed by atoms with E-state index in [0.29, 0.717) is 5.69 Å². The maximum Gasteiger partial charge on any atom is 0.247 e. The van der Waals surface area contributed by atoms with Crippen molar-refractivity contribution < 1.29 is 18.0 Å². The molecule has 1 aliphatic rings. The van der Waals surface area contributed by atoms with Crippen LogP contribution in [0.1, 0.15) is 23.6 Å². The Balaban J connectivity index is 1.69. The largest absolute Gasteiger partial charge is 0.350 e. The zero-order valence-corrected chi connectivity index (χ0v) is 20.9. The average Bonchev–Trinajstić information content (AvgIpc) is 2.84. The fourth-order valence-electron chi connectivity index (χ4n) is 4.25. The van der Waals surface area contributed by atoms with Gasteiger partial charge in [-0.25, -0.2) is 8.42 Å². The van der Waals surface area contributed by atoms with Crippen LogP contribution >= 0.6 is 0 Å². The molecule has 1 N–H and O–H groups in total. The number of rotatable bonds is 6. The Bertz CT molecular complexity index is 1320. The number of aryl methyl sites for hydroxylation is 2. The molecular formula is C27H29N3O4S. The highest BCUT2D eigenvalue weighted by Gasteiger charge is 2.51. The third-order valence-corrected chi connectivity index (χ3v) is 8.08. The van der Waals surface area contributed by atoms with Crippen LogP contribution < -0.4 is 10.2 Å². The lowest BCUT2D eigenvalue weighted by atomic mass is 9.94. The standard InChI is InChI=1S/C27H29N3O4S/c1-20-9-13-22(14-10-20)17-28-26(32)27(3)19-29(35(33,34)24-7-5-4-6-8-24)18-25(31)30(27)23-15-11-21(2)12-16-23/h4-16H,17-19H2,1-3H3,(H,28,32). The SMILES string of the molecule is Cc1ccc(CNC(=O)C2(C)CN(S(=O)(=O)c3ccccc3)CC(=O)N2c2ccc(C)cc2)cc1. The summed E-state index contributed by atoms with van der Waals surface area (Å²) in [5.41, 5.74) is 2.11. The van der Waals surface area contributed by atoms with E-state index in [9.17, 15) is 18.0 Å². The van der Waals surface area contributed by atoms with Crippen molar-refractivity contribution in [3.63, 3.8) is 0 Å². The van der Waals surface area contributed by atoms with E-state index in [-0.39, 0.29) is 24.5 Å². The highest BCUT2D eigenvalue weighted by atomic mass is 32.2. The fourth-order valence-corrected chi connectivity index (χ4v) is 5.75. The number of hydrogen-bond acceptors (Lipinski definition) is 4. The molecule has 1 aliphatic heterocycles. The van der Waals surface area contributed by atoms with Crippen LogP contribution in [0.3, 0.4) is 0 Å². The van der Waals surface area contributed by atoms with Crippen molar-refractivity contribution in [1.82, 2.24) is 9.62 Å². The highest BCUT2D eigenvalue weighted by Crippen LogP contribution is 2.32. The summed E-state index contributed by atoms with van der Waals surface area (Å²) in [6.45, 7) is 5.26. The third kappa shape index (κ3) is 4.99. The van der Waals surface area contributed by atoms with Crippen molar-refractivity contribution in [3.8, 4) is 0 Å². The third-order valence-electron chi connectivity index (χ3n) is 6.27. The lowest BCUT2D eigenvalue weighted by molar-refractivity contribution is -0.133. The van der Waals surface area contributed by atoms with Crippen LogP contribution in [0.15, 0.2) is 83.8 Å². The lowest BCUT2D eigenvalue weighted by Gasteiger charge is -2.46. The Hall–Kier alpha value is -3.49. The molecule has 4 rings (SSSR count). The first-order chi connectivity index (χ1) is 16.6. The molecule has 3 aromatic rings. The van der Waals surface area contributed by atoms with Crippen molar-refractivity contribution in [1.29, 1.82) is 0 Å². The smallest absolute Gasteiger partial charge is 0.247 e. The summed E-state index contributed by atoms with van der Waals surface area (Å²) in [6.07, 6.45) is 0. The summed E-state index contributed by atoms with van der Waals surface area (Å²) in [4.78, 5) is 28.6. The van der Waals surface area contributed by atoms with Gasteiger partial charge in [0, 0.05) is 18.8 Å². The second-order valence-electron chi connectivity index (χ2n) is 9.09. The molecule has 0 spiro atoms. The van der Waals surface area contributed by atoms with Crippen molar-refractivity contribution in [2.45, 2.75) is 37.8 Å². The fraction of sp³-hybridized carbons (Fsp3) is 0.259. The molecule has 1 unspecified atom stereocenters. The number of nitrogens with one attached hydrogen (secondary N) is 1. The second kappa shape index (κ2) is 9.64. The minimum Gasteiger partial charge on any atom is -0.350 e. The van der Waals surface area contributed by atoms with Gasteiger partial charge in [0.2, 0.25) is 21.8 Å². The minimum atomic E-state index is -3.98. The van der Waals surface area contributed by atoms with E-state index in [4.69, 9.17) is 0 Å². The van der Waals surface area contributed by atoms with Crippen LogP contribution in [0.4, 0.5) is 5.69 Å². The first-order valence-corrected chi connectivity index (χ1v) is 12.8. The minimum absolute atomic E-state index is 0.0824. The zero-order chi connectivity index (χ0) is 25.2. The Morgan fingerprint density at radius 2 is 1.49 bits per heavy atom. The number of hydrogen-bond donors (Lipinski definition) is 1. The number of sulfonamides is 1. The molecule has 8 heteroatoms. The van der Waals surface area contributed by atoms with Crippen LogP contribution in [-0.2, 0) is 26.2 Å². The predicted molar refractivity (Wildman–Crippen MR) is 135 cm³/mol. The van der Waals surface area contributed by atoms with Gasteiger partial charge >= 0.3 is 0 Å². The van der Waals surface area contributed by atoms with E-state index in [1.165, 1.54) is 17.0 Å². The number of carbonyl (C=O) groups is 2. The summed E-state index contributed by atoms with van der Waals surface area (Å²) in [6, 6.07) is 23.0. The molecule has 1 atom stereocenters. The van der Waals surface area contributed by atoms with E-state index >= 15 is 0 Å². The monoisotopic (exact) mass is 491 g/mol. The highest BCUT2D eigenvalue weighted by molar-refractivity contribution is 7.89. The van der Waals surface area contributed by atoms with Crippen LogP contribution in [0, 0.1) is 13.8 Å². The number of anilines is 1. The molecule has 7 nitrogen and oxygen atoms in total. The molecule has 3 aromatic carbocycles. The normalized spacial score (nSPS) is 18.9. The molecule has 1 saturated heterocycles. The van der Waals surface area contributed by atoms with Gasteiger partial charge in [-0.15, -0.1) is 0 Å². The van der Waals surface area contributed by atoms with Gasteiger partial charge in [-0.1, -0.05) is 65.7 Å². The number of nitrogens with zero attached hydrogens (tertiary/aromatic N) is 2. The van der Waals surface area contributed by atoms with E-state index in [1.54, 1.807) is 37.3 Å². The molecular weight excluding hydrogens is 462 g/mol. The molecule has 0 bridgehead atoms. The predicted octanol–water partition coefficient (Wildman–Crippen LogP) is 3.42. The Morgan fingerprint density at radius 3 is 2.09 bits per heavy atom. The molecule has 2 amide bonds. The second-order valence-corrected chi connectivity index (χ2v) is 11.0. The molecule has 0 aromatic heterocycles. The number of piperazine rings is 1. The van der Waals surface area contributed by atoms with Gasteiger partial charge in [-0.2, -0.15) is 4.31 Å². The van der Waals surface area contributed by atoms with Gasteiger partial charge in [0.1, 0.15) is 5.54 Å². The summed E-state index contributed by atoms with van der Waals surface area (Å²) in [5, 5.41) is 2.92. The molecule has 1 fully saturated rings. The first-order valence-electron chi connectivity index (χ1n) is 11.4. The van der Waals surface area contributed by atoms with Gasteiger partial charge in [0.05, 0.1) is 11.4 Å². The van der Waals surface area contributed by atoms with Gasteiger partial charge in [0.25, 0.3) is 0 Å². The van der Waals surface area contributed by atoms with E-state index in [0.717, 1.165) is 21.0 Å². The van der Waals surface area contributed by atoms with Crippen molar-refractivity contribution in [3.05, 3.63) is 95.6 Å². The molecule has 182 valence electrons. The summed E-state index contributed by atoms with van der Waals surface area (Å²) < 4.78 is 27.8. The maximum atomic E-state index is 13.6. The van der Waals surface area contributed by atoms with Crippen molar-refractivity contribution >= 4 is 27.5 Å². The molecule has 1 heterocycles. The van der Waals surface area contributed by atoms with E-state index in [1.807, 2.05) is 50.2 Å². The Morgan fingerprint density at radius 1 is 0.914 bits per heavy atom. The topological polar surface area (TPSA) is 86.8 Å².